The molecule has 0 fully saturated rings. The number of hydrogen-bond donors (Lipinski definition) is 0. The lowest BCUT2D eigenvalue weighted by molar-refractivity contribution is 0.355. The van der Waals surface area contributed by atoms with E-state index in [1.54, 1.807) is 32.4 Å². The van der Waals surface area contributed by atoms with Gasteiger partial charge >= 0.3 is 5.76 Å². The number of nitrogens with zero attached hydrogens (tertiary/aromatic N) is 4. The van der Waals surface area contributed by atoms with Crippen molar-refractivity contribution in [2.45, 2.75) is 20.4 Å². The Labute approximate surface area is 173 Å². The van der Waals surface area contributed by atoms with Crippen LogP contribution in [-0.2, 0) is 6.54 Å². The van der Waals surface area contributed by atoms with Crippen molar-refractivity contribution in [3.8, 4) is 28.6 Å². The topological polar surface area (TPSA) is 84.3 Å². The minimum absolute atomic E-state index is 0.323. The predicted octanol–water partition coefficient (Wildman–Crippen LogP) is 3.37. The smallest absolute Gasteiger partial charge is 0.442 e. The highest BCUT2D eigenvalue weighted by Crippen LogP contribution is 2.31. The molecule has 0 atom stereocenters. The number of benzene rings is 2. The van der Waals surface area contributed by atoms with Crippen LogP contribution in [0, 0.1) is 13.8 Å². The number of methoxy groups -OCH3 is 2. The molecule has 0 radical (unpaired) electrons. The lowest BCUT2D eigenvalue weighted by Crippen LogP contribution is -2.16. The molecule has 0 saturated heterocycles. The summed E-state index contributed by atoms with van der Waals surface area (Å²) < 4.78 is 18.9. The van der Waals surface area contributed by atoms with E-state index in [-0.39, 0.29) is 0 Å². The molecule has 0 unspecified atom stereocenters. The number of hydrogen-bond acceptors (Lipinski definition) is 6. The summed E-state index contributed by atoms with van der Waals surface area (Å²) in [5.41, 5.74) is 4.62. The van der Waals surface area contributed by atoms with E-state index >= 15 is 0 Å². The van der Waals surface area contributed by atoms with Crippen LogP contribution in [0.15, 0.2) is 57.8 Å². The lowest BCUT2D eigenvalue weighted by atomic mass is 10.1. The van der Waals surface area contributed by atoms with E-state index in [0.717, 1.165) is 22.6 Å². The van der Waals surface area contributed by atoms with E-state index < -0.39 is 5.76 Å². The molecule has 2 heterocycles. The molecule has 8 heteroatoms. The SMILES string of the molecule is COc1ccc(-c2noc(=O)n2Cc2ccc(-n3nc(C)cc3C)cc2)cc1OC. The molecular formula is C22H22N4O4. The minimum atomic E-state index is -0.526. The van der Waals surface area contributed by atoms with E-state index in [1.165, 1.54) is 4.57 Å². The first kappa shape index (κ1) is 19.5. The van der Waals surface area contributed by atoms with Crippen molar-refractivity contribution < 1.29 is 14.0 Å². The molecule has 2 aromatic heterocycles. The summed E-state index contributed by atoms with van der Waals surface area (Å²) in [4.78, 5) is 12.3. The Kier molecular flexibility index (Phi) is 5.14. The van der Waals surface area contributed by atoms with E-state index in [9.17, 15) is 4.79 Å². The summed E-state index contributed by atoms with van der Waals surface area (Å²) in [6.45, 7) is 4.30. The molecule has 154 valence electrons. The molecule has 4 aromatic rings. The van der Waals surface area contributed by atoms with E-state index in [4.69, 9.17) is 14.0 Å². The maximum Gasteiger partial charge on any atom is 0.442 e. The molecule has 0 spiro atoms. The average molecular weight is 406 g/mol. The largest absolute Gasteiger partial charge is 0.493 e. The maximum absolute atomic E-state index is 12.3. The van der Waals surface area contributed by atoms with Gasteiger partial charge in [0.25, 0.3) is 0 Å². The predicted molar refractivity (Wildman–Crippen MR) is 111 cm³/mol. The fourth-order valence-electron chi connectivity index (χ4n) is 3.41. The van der Waals surface area contributed by atoms with E-state index in [1.807, 2.05) is 48.9 Å². The quantitative estimate of drug-likeness (QED) is 0.488. The third-order valence-electron chi connectivity index (χ3n) is 4.86. The van der Waals surface area contributed by atoms with Crippen LogP contribution in [0.1, 0.15) is 17.0 Å². The Morgan fingerprint density at radius 2 is 1.70 bits per heavy atom. The van der Waals surface area contributed by atoms with E-state index in [2.05, 4.69) is 10.3 Å². The van der Waals surface area contributed by atoms with Crippen molar-refractivity contribution in [2.75, 3.05) is 14.2 Å². The minimum Gasteiger partial charge on any atom is -0.493 e. The molecular weight excluding hydrogens is 384 g/mol. The van der Waals surface area contributed by atoms with Gasteiger partial charge in [-0.25, -0.2) is 9.48 Å². The second kappa shape index (κ2) is 7.90. The van der Waals surface area contributed by atoms with Gasteiger partial charge < -0.3 is 9.47 Å². The molecule has 4 rings (SSSR count). The van der Waals surface area contributed by atoms with Gasteiger partial charge in [-0.1, -0.05) is 17.3 Å². The van der Waals surface area contributed by atoms with Crippen LogP contribution in [0.25, 0.3) is 17.1 Å². The summed E-state index contributed by atoms with van der Waals surface area (Å²) in [5.74, 6) is 1.04. The highest BCUT2D eigenvalue weighted by molar-refractivity contribution is 5.61. The molecule has 0 aliphatic rings. The molecule has 0 saturated carbocycles. The van der Waals surface area contributed by atoms with Crippen molar-refractivity contribution in [1.29, 1.82) is 0 Å². The number of ether oxygens (including phenoxy) is 2. The number of aryl methyl sites for hydroxylation is 2. The summed E-state index contributed by atoms with van der Waals surface area (Å²) >= 11 is 0. The zero-order valence-electron chi connectivity index (χ0n) is 17.2. The van der Waals surface area contributed by atoms with Crippen molar-refractivity contribution in [3.05, 3.63) is 76.0 Å². The van der Waals surface area contributed by atoms with Gasteiger partial charge in [0.2, 0.25) is 0 Å². The summed E-state index contributed by atoms with van der Waals surface area (Å²) in [6.07, 6.45) is 0. The van der Waals surface area contributed by atoms with Crippen LogP contribution in [0.5, 0.6) is 11.5 Å². The monoisotopic (exact) mass is 406 g/mol. The van der Waals surface area contributed by atoms with Gasteiger partial charge in [0.1, 0.15) is 0 Å². The average Bonchev–Trinajstić information content (AvgIpc) is 3.29. The van der Waals surface area contributed by atoms with Crippen LogP contribution in [0.3, 0.4) is 0 Å². The maximum atomic E-state index is 12.3. The fraction of sp³-hybridized carbons (Fsp3) is 0.227. The van der Waals surface area contributed by atoms with Crippen LogP contribution in [0.2, 0.25) is 0 Å². The van der Waals surface area contributed by atoms with Crippen LogP contribution in [-0.4, -0.2) is 33.7 Å². The van der Waals surface area contributed by atoms with Gasteiger partial charge in [0.15, 0.2) is 17.3 Å². The van der Waals surface area contributed by atoms with E-state index in [0.29, 0.717) is 29.4 Å². The first-order chi connectivity index (χ1) is 14.5. The van der Waals surface area contributed by atoms with Crippen LogP contribution >= 0.6 is 0 Å². The molecule has 2 aromatic carbocycles. The third kappa shape index (κ3) is 3.59. The molecule has 8 nitrogen and oxygen atoms in total. The molecule has 0 aliphatic heterocycles. The normalized spacial score (nSPS) is 10.9. The standard InChI is InChI=1S/C22H22N4O4/c1-14-11-15(2)26(23-14)18-8-5-16(6-9-18)13-25-21(24-30-22(25)27)17-7-10-19(28-3)20(12-17)29-4/h5-12H,13H2,1-4H3. The highest BCUT2D eigenvalue weighted by atomic mass is 16.5. The first-order valence-electron chi connectivity index (χ1n) is 9.41. The Morgan fingerprint density at radius 1 is 0.967 bits per heavy atom. The van der Waals surface area contributed by atoms with Crippen molar-refractivity contribution in [3.63, 3.8) is 0 Å². The Bertz CT molecular complexity index is 1240. The summed E-state index contributed by atoms with van der Waals surface area (Å²) in [6, 6.07) is 15.2. The van der Waals surface area contributed by atoms with Gasteiger partial charge in [-0.3, -0.25) is 9.09 Å². The Hall–Kier alpha value is -3.81. The summed E-state index contributed by atoms with van der Waals surface area (Å²) in [5, 5.41) is 8.46. The molecule has 0 bridgehead atoms. The Balaban J connectivity index is 1.64. The first-order valence-corrected chi connectivity index (χ1v) is 9.41. The second-order valence-electron chi connectivity index (χ2n) is 6.93. The van der Waals surface area contributed by atoms with Gasteiger partial charge in [-0.2, -0.15) is 5.10 Å². The van der Waals surface area contributed by atoms with Crippen molar-refractivity contribution in [2.24, 2.45) is 0 Å². The van der Waals surface area contributed by atoms with Gasteiger partial charge in [-0.05, 0) is 55.8 Å². The van der Waals surface area contributed by atoms with Gasteiger partial charge in [-0.15, -0.1) is 0 Å². The zero-order chi connectivity index (χ0) is 21.3. The van der Waals surface area contributed by atoms with Crippen LogP contribution in [0.4, 0.5) is 0 Å². The molecule has 0 aliphatic carbocycles. The van der Waals surface area contributed by atoms with Crippen molar-refractivity contribution in [1.82, 2.24) is 19.5 Å². The lowest BCUT2D eigenvalue weighted by Gasteiger charge is -2.10. The molecule has 0 N–H and O–H groups in total. The van der Waals surface area contributed by atoms with Crippen LogP contribution < -0.4 is 15.2 Å². The second-order valence-corrected chi connectivity index (χ2v) is 6.93. The molecule has 0 amide bonds. The highest BCUT2D eigenvalue weighted by Gasteiger charge is 2.16. The van der Waals surface area contributed by atoms with Crippen molar-refractivity contribution >= 4 is 0 Å². The Morgan fingerprint density at radius 3 is 2.33 bits per heavy atom. The zero-order valence-corrected chi connectivity index (χ0v) is 17.2. The van der Waals surface area contributed by atoms with Gasteiger partial charge in [0, 0.05) is 11.3 Å². The van der Waals surface area contributed by atoms with Gasteiger partial charge in [0.05, 0.1) is 32.1 Å². The third-order valence-corrected chi connectivity index (χ3v) is 4.86. The fourth-order valence-corrected chi connectivity index (χ4v) is 3.41. The molecule has 30 heavy (non-hydrogen) atoms. The number of aromatic nitrogens is 4. The number of rotatable bonds is 6. The summed E-state index contributed by atoms with van der Waals surface area (Å²) in [7, 11) is 3.13.